The molecular weight excluding hydrogens is 222 g/mol. The van der Waals surface area contributed by atoms with E-state index in [-0.39, 0.29) is 6.42 Å². The second-order valence-corrected chi connectivity index (χ2v) is 3.99. The molecule has 0 saturated carbocycles. The van der Waals surface area contributed by atoms with Gasteiger partial charge < -0.3 is 15.1 Å². The summed E-state index contributed by atoms with van der Waals surface area (Å²) in [7, 11) is 3.79. The number of hydrogen-bond donors (Lipinski definition) is 2. The Hall–Kier alpha value is -2.04. The van der Waals surface area contributed by atoms with Crippen molar-refractivity contribution < 1.29 is 19.8 Å². The van der Waals surface area contributed by atoms with Crippen molar-refractivity contribution >= 4 is 17.6 Å². The first-order valence-corrected chi connectivity index (χ1v) is 5.13. The molecule has 0 amide bonds. The summed E-state index contributed by atoms with van der Waals surface area (Å²) in [6.07, 6.45) is -0.00161. The number of carboxylic acid groups (broad SMARTS) is 2. The molecule has 1 aromatic carbocycles. The molecule has 0 aliphatic rings. The number of rotatable bonds is 5. The fourth-order valence-electron chi connectivity index (χ4n) is 1.45. The minimum absolute atomic E-state index is 0.00161. The predicted octanol–water partition coefficient (Wildman–Crippen LogP) is 1.08. The maximum Gasteiger partial charge on any atom is 0.318 e. The third-order valence-electron chi connectivity index (χ3n) is 2.49. The van der Waals surface area contributed by atoms with Crippen molar-refractivity contribution in [3.63, 3.8) is 0 Å². The van der Waals surface area contributed by atoms with Gasteiger partial charge in [-0.1, -0.05) is 12.1 Å². The molecule has 1 rings (SSSR count). The van der Waals surface area contributed by atoms with Crippen molar-refractivity contribution in [1.82, 2.24) is 0 Å². The second kappa shape index (κ2) is 5.34. The monoisotopic (exact) mass is 237 g/mol. The van der Waals surface area contributed by atoms with Gasteiger partial charge in [0.15, 0.2) is 5.92 Å². The Morgan fingerprint density at radius 2 is 1.59 bits per heavy atom. The lowest BCUT2D eigenvalue weighted by molar-refractivity contribution is -0.154. The van der Waals surface area contributed by atoms with Gasteiger partial charge >= 0.3 is 11.9 Å². The first-order chi connectivity index (χ1) is 7.91. The second-order valence-electron chi connectivity index (χ2n) is 3.99. The Balaban J connectivity index is 2.80. The topological polar surface area (TPSA) is 77.8 Å². The van der Waals surface area contributed by atoms with E-state index < -0.39 is 17.9 Å². The highest BCUT2D eigenvalue weighted by atomic mass is 16.4. The third kappa shape index (κ3) is 3.48. The van der Waals surface area contributed by atoms with Crippen LogP contribution in [0.25, 0.3) is 0 Å². The van der Waals surface area contributed by atoms with Gasteiger partial charge in [-0.3, -0.25) is 9.59 Å². The van der Waals surface area contributed by atoms with Crippen LogP contribution in [0.3, 0.4) is 0 Å². The fourth-order valence-corrected chi connectivity index (χ4v) is 1.45. The van der Waals surface area contributed by atoms with E-state index in [1.54, 1.807) is 12.1 Å². The summed E-state index contributed by atoms with van der Waals surface area (Å²) >= 11 is 0. The molecule has 0 aliphatic heterocycles. The number of anilines is 1. The average molecular weight is 237 g/mol. The van der Waals surface area contributed by atoms with E-state index in [4.69, 9.17) is 10.2 Å². The Kier molecular flexibility index (Phi) is 4.09. The highest BCUT2D eigenvalue weighted by Gasteiger charge is 2.25. The summed E-state index contributed by atoms with van der Waals surface area (Å²) in [5.41, 5.74) is 1.68. The molecule has 0 radical (unpaired) electrons. The molecule has 0 aliphatic carbocycles. The van der Waals surface area contributed by atoms with E-state index in [1.807, 2.05) is 31.1 Å². The summed E-state index contributed by atoms with van der Waals surface area (Å²) in [5.74, 6) is -4.01. The van der Waals surface area contributed by atoms with Crippen LogP contribution in [0, 0.1) is 5.92 Å². The molecule has 2 N–H and O–H groups in total. The van der Waals surface area contributed by atoms with Crippen molar-refractivity contribution in [1.29, 1.82) is 0 Å². The largest absolute Gasteiger partial charge is 0.481 e. The van der Waals surface area contributed by atoms with E-state index in [0.717, 1.165) is 5.69 Å². The van der Waals surface area contributed by atoms with Crippen molar-refractivity contribution in [2.45, 2.75) is 6.42 Å². The van der Waals surface area contributed by atoms with Gasteiger partial charge in [-0.05, 0) is 24.1 Å². The van der Waals surface area contributed by atoms with E-state index in [1.165, 1.54) is 0 Å². The van der Waals surface area contributed by atoms with Gasteiger partial charge in [-0.15, -0.1) is 0 Å². The molecule has 0 bridgehead atoms. The van der Waals surface area contributed by atoms with Gasteiger partial charge in [0.25, 0.3) is 0 Å². The van der Waals surface area contributed by atoms with Crippen molar-refractivity contribution in [3.8, 4) is 0 Å². The minimum atomic E-state index is -1.39. The van der Waals surface area contributed by atoms with Crippen LogP contribution < -0.4 is 4.90 Å². The van der Waals surface area contributed by atoms with Crippen molar-refractivity contribution in [2.75, 3.05) is 19.0 Å². The molecule has 17 heavy (non-hydrogen) atoms. The summed E-state index contributed by atoms with van der Waals surface area (Å²) < 4.78 is 0. The van der Waals surface area contributed by atoms with Gasteiger partial charge in [0.05, 0.1) is 0 Å². The van der Waals surface area contributed by atoms with Crippen LogP contribution >= 0.6 is 0 Å². The molecule has 1 aromatic rings. The quantitative estimate of drug-likeness (QED) is 0.749. The number of aliphatic carboxylic acids is 2. The van der Waals surface area contributed by atoms with Gasteiger partial charge in [-0.2, -0.15) is 0 Å². The van der Waals surface area contributed by atoms with Crippen molar-refractivity contribution in [3.05, 3.63) is 29.8 Å². The first kappa shape index (κ1) is 13.0. The lowest BCUT2D eigenvalue weighted by atomic mass is 9.99. The van der Waals surface area contributed by atoms with Crippen LogP contribution in [0.2, 0.25) is 0 Å². The van der Waals surface area contributed by atoms with Crippen molar-refractivity contribution in [2.24, 2.45) is 5.92 Å². The van der Waals surface area contributed by atoms with Crippen LogP contribution in [0.1, 0.15) is 5.56 Å². The number of benzene rings is 1. The number of hydrogen-bond acceptors (Lipinski definition) is 3. The van der Waals surface area contributed by atoms with Gasteiger partial charge in [-0.25, -0.2) is 0 Å². The lowest BCUT2D eigenvalue weighted by Crippen LogP contribution is -2.25. The summed E-state index contributed by atoms with van der Waals surface area (Å²) in [6, 6.07) is 7.15. The molecule has 0 aromatic heterocycles. The Labute approximate surface area is 99.3 Å². The zero-order chi connectivity index (χ0) is 13.0. The molecule has 5 nitrogen and oxygen atoms in total. The molecule has 0 heterocycles. The normalized spacial score (nSPS) is 10.3. The minimum Gasteiger partial charge on any atom is -0.481 e. The van der Waals surface area contributed by atoms with Gasteiger partial charge in [0.2, 0.25) is 0 Å². The van der Waals surface area contributed by atoms with Gasteiger partial charge in [0, 0.05) is 19.8 Å². The Morgan fingerprint density at radius 1 is 1.12 bits per heavy atom. The standard InChI is InChI=1S/C12H15NO4/c1-13(2)9-5-3-8(4-6-9)7-10(11(14)15)12(16)17/h3-6,10H,7H2,1-2H3,(H,14,15)(H,16,17). The zero-order valence-corrected chi connectivity index (χ0v) is 9.75. The van der Waals surface area contributed by atoms with E-state index in [9.17, 15) is 9.59 Å². The van der Waals surface area contributed by atoms with Crippen LogP contribution in [0.15, 0.2) is 24.3 Å². The maximum atomic E-state index is 10.7. The summed E-state index contributed by atoms with van der Waals surface area (Å²) in [5, 5.41) is 17.5. The maximum absolute atomic E-state index is 10.7. The average Bonchev–Trinajstić information content (AvgIpc) is 2.25. The number of carboxylic acids is 2. The Bertz CT molecular complexity index is 397. The smallest absolute Gasteiger partial charge is 0.318 e. The molecule has 0 unspecified atom stereocenters. The molecule has 5 heteroatoms. The van der Waals surface area contributed by atoms with Crippen LogP contribution in [-0.2, 0) is 16.0 Å². The number of nitrogens with zero attached hydrogens (tertiary/aromatic N) is 1. The zero-order valence-electron chi connectivity index (χ0n) is 9.75. The summed E-state index contributed by atoms with van der Waals surface area (Å²) in [6.45, 7) is 0. The van der Waals surface area contributed by atoms with Crippen LogP contribution in [0.5, 0.6) is 0 Å². The Morgan fingerprint density at radius 3 is 1.94 bits per heavy atom. The molecular formula is C12H15NO4. The molecule has 0 fully saturated rings. The predicted molar refractivity (Wildman–Crippen MR) is 63.2 cm³/mol. The SMILES string of the molecule is CN(C)c1ccc(CC(C(=O)O)C(=O)O)cc1. The van der Waals surface area contributed by atoms with E-state index in [0.29, 0.717) is 5.56 Å². The van der Waals surface area contributed by atoms with Gasteiger partial charge in [0.1, 0.15) is 0 Å². The fraction of sp³-hybridized carbons (Fsp3) is 0.333. The molecule has 0 saturated heterocycles. The van der Waals surface area contributed by atoms with E-state index >= 15 is 0 Å². The first-order valence-electron chi connectivity index (χ1n) is 5.13. The van der Waals surface area contributed by atoms with Crippen LogP contribution in [-0.4, -0.2) is 36.2 Å². The summed E-state index contributed by atoms with van der Waals surface area (Å²) in [4.78, 5) is 23.4. The number of carbonyl (C=O) groups is 2. The highest BCUT2D eigenvalue weighted by Crippen LogP contribution is 2.15. The molecule has 0 spiro atoms. The third-order valence-corrected chi connectivity index (χ3v) is 2.49. The molecule has 92 valence electrons. The van der Waals surface area contributed by atoms with Crippen LogP contribution in [0.4, 0.5) is 5.69 Å². The van der Waals surface area contributed by atoms with E-state index in [2.05, 4.69) is 0 Å². The highest BCUT2D eigenvalue weighted by molar-refractivity contribution is 5.93. The molecule has 0 atom stereocenters. The lowest BCUT2D eigenvalue weighted by Gasteiger charge is -2.13.